The Morgan fingerprint density at radius 3 is 2.69 bits per heavy atom. The van der Waals surface area contributed by atoms with Gasteiger partial charge in [-0.3, -0.25) is 4.90 Å². The highest BCUT2D eigenvalue weighted by atomic mass is 32.1. The summed E-state index contributed by atoms with van der Waals surface area (Å²) in [6, 6.07) is 13.1. The first-order valence-electron chi connectivity index (χ1n) is 9.61. The van der Waals surface area contributed by atoms with Crippen molar-refractivity contribution in [1.29, 1.82) is 0 Å². The summed E-state index contributed by atoms with van der Waals surface area (Å²) in [5.74, 6) is 0.684. The van der Waals surface area contributed by atoms with Gasteiger partial charge in [-0.2, -0.15) is 0 Å². The maximum Gasteiger partial charge on any atom is 0.173 e. The minimum Gasteiger partial charge on any atom is -0.504 e. The van der Waals surface area contributed by atoms with Crippen LogP contribution in [0.4, 0.5) is 4.39 Å². The smallest absolute Gasteiger partial charge is 0.173 e. The van der Waals surface area contributed by atoms with Crippen LogP contribution in [0.5, 0.6) is 17.2 Å². The molecule has 1 aliphatic heterocycles. The van der Waals surface area contributed by atoms with Crippen molar-refractivity contribution < 1.29 is 19.0 Å². The van der Waals surface area contributed by atoms with Gasteiger partial charge in [-0.1, -0.05) is 12.1 Å². The summed E-state index contributed by atoms with van der Waals surface area (Å²) in [7, 11) is 3.05. The minimum absolute atomic E-state index is 0.204. The van der Waals surface area contributed by atoms with Crippen LogP contribution in [0.1, 0.15) is 16.0 Å². The van der Waals surface area contributed by atoms with Crippen molar-refractivity contribution in [2.45, 2.75) is 19.4 Å². The van der Waals surface area contributed by atoms with E-state index in [0.717, 1.165) is 37.4 Å². The molecule has 0 atom stereocenters. The van der Waals surface area contributed by atoms with E-state index in [2.05, 4.69) is 11.0 Å². The molecule has 1 aromatic heterocycles. The van der Waals surface area contributed by atoms with Gasteiger partial charge in [0.05, 0.1) is 14.2 Å². The van der Waals surface area contributed by atoms with Gasteiger partial charge in [-0.25, -0.2) is 4.39 Å². The molecular formula is C23H24FNO3S. The Balaban J connectivity index is 1.42. The first-order valence-corrected chi connectivity index (χ1v) is 10.4. The number of phenolic OH excluding ortho intramolecular Hbond substituents is 1. The van der Waals surface area contributed by atoms with Gasteiger partial charge in [0, 0.05) is 35.0 Å². The fourth-order valence-corrected chi connectivity index (χ4v) is 4.79. The number of benzene rings is 2. The molecule has 0 spiro atoms. The zero-order valence-electron chi connectivity index (χ0n) is 16.6. The number of ether oxygens (including phenoxy) is 2. The van der Waals surface area contributed by atoms with Crippen LogP contribution in [-0.2, 0) is 19.4 Å². The molecule has 0 aliphatic carbocycles. The van der Waals surface area contributed by atoms with E-state index < -0.39 is 0 Å². The third-order valence-corrected chi connectivity index (χ3v) is 6.56. The molecule has 0 fully saturated rings. The second kappa shape index (κ2) is 8.43. The normalized spacial score (nSPS) is 13.9. The number of nitrogens with zero attached hydrogens (tertiary/aromatic N) is 1. The van der Waals surface area contributed by atoms with Crippen LogP contribution in [0.3, 0.4) is 0 Å². The van der Waals surface area contributed by atoms with Crippen LogP contribution in [0.15, 0.2) is 42.5 Å². The number of hydrogen-bond donors (Lipinski definition) is 1. The number of hydrogen-bond acceptors (Lipinski definition) is 5. The highest BCUT2D eigenvalue weighted by Gasteiger charge is 2.19. The predicted molar refractivity (Wildman–Crippen MR) is 114 cm³/mol. The van der Waals surface area contributed by atoms with Crippen LogP contribution >= 0.6 is 11.3 Å². The lowest BCUT2D eigenvalue weighted by Gasteiger charge is -2.29. The second-order valence-corrected chi connectivity index (χ2v) is 8.33. The zero-order chi connectivity index (χ0) is 20.4. The van der Waals surface area contributed by atoms with Crippen molar-refractivity contribution in [3.8, 4) is 27.7 Å². The Kier molecular flexibility index (Phi) is 5.74. The molecule has 6 heteroatoms. The van der Waals surface area contributed by atoms with E-state index in [0.29, 0.717) is 11.3 Å². The van der Waals surface area contributed by atoms with E-state index >= 15 is 0 Å². The largest absolute Gasteiger partial charge is 0.504 e. The maximum atomic E-state index is 14.5. The number of rotatable bonds is 6. The number of fused-ring (bicyclic) bond motifs is 1. The Bertz CT molecular complexity index is 1020. The summed E-state index contributed by atoms with van der Waals surface area (Å²) in [6.45, 7) is 2.74. The molecule has 3 aromatic rings. The van der Waals surface area contributed by atoms with Gasteiger partial charge in [0.25, 0.3) is 0 Å². The third kappa shape index (κ3) is 4.09. The molecular weight excluding hydrogens is 389 g/mol. The summed E-state index contributed by atoms with van der Waals surface area (Å²) in [5, 5.41) is 9.96. The lowest BCUT2D eigenvalue weighted by Crippen LogP contribution is -2.32. The van der Waals surface area contributed by atoms with E-state index in [1.54, 1.807) is 30.6 Å². The van der Waals surface area contributed by atoms with Crippen molar-refractivity contribution >= 4 is 11.3 Å². The summed E-state index contributed by atoms with van der Waals surface area (Å²) in [5.41, 5.74) is 2.97. The third-order valence-electron chi connectivity index (χ3n) is 5.38. The van der Waals surface area contributed by atoms with Gasteiger partial charge >= 0.3 is 0 Å². The Hall–Kier alpha value is -2.57. The molecule has 0 amide bonds. The van der Waals surface area contributed by atoms with Gasteiger partial charge in [0.2, 0.25) is 0 Å². The van der Waals surface area contributed by atoms with Crippen LogP contribution in [-0.4, -0.2) is 37.3 Å². The molecule has 0 bridgehead atoms. The van der Waals surface area contributed by atoms with Gasteiger partial charge in [0.15, 0.2) is 23.1 Å². The van der Waals surface area contributed by atoms with Crippen LogP contribution < -0.4 is 9.47 Å². The molecule has 1 N–H and O–H groups in total. The SMILES string of the molecule is COc1cc2c(cc1O)CCN(CCc1ccc(-c3cccc(OC)c3F)s1)C2. The predicted octanol–water partition coefficient (Wildman–Crippen LogP) is 4.88. The van der Waals surface area contributed by atoms with E-state index in [4.69, 9.17) is 9.47 Å². The van der Waals surface area contributed by atoms with E-state index in [9.17, 15) is 9.50 Å². The summed E-state index contributed by atoms with van der Waals surface area (Å²) >= 11 is 1.63. The van der Waals surface area contributed by atoms with Crippen molar-refractivity contribution in [1.82, 2.24) is 4.90 Å². The minimum atomic E-state index is -0.312. The topological polar surface area (TPSA) is 41.9 Å². The standard InChI is InChI=1S/C23H24FNO3S/c1-27-20-5-3-4-18(23(20)24)22-7-6-17(29-22)9-11-25-10-8-15-12-19(26)21(28-2)13-16(15)14-25/h3-7,12-13,26H,8-11,14H2,1-2H3. The number of aromatic hydroxyl groups is 1. The molecule has 2 aromatic carbocycles. The number of phenols is 1. The molecule has 0 unspecified atom stereocenters. The van der Waals surface area contributed by atoms with Gasteiger partial charge in [0.1, 0.15) is 0 Å². The van der Waals surface area contributed by atoms with Gasteiger partial charge in [-0.15, -0.1) is 11.3 Å². The molecule has 0 saturated heterocycles. The molecule has 4 rings (SSSR count). The molecule has 0 saturated carbocycles. The summed E-state index contributed by atoms with van der Waals surface area (Å²) in [6.07, 6.45) is 1.83. The second-order valence-electron chi connectivity index (χ2n) is 7.16. The van der Waals surface area contributed by atoms with Crippen molar-refractivity contribution in [2.75, 3.05) is 27.3 Å². The van der Waals surface area contributed by atoms with Crippen molar-refractivity contribution in [2.24, 2.45) is 0 Å². The molecule has 0 radical (unpaired) electrons. The Morgan fingerprint density at radius 1 is 1.07 bits per heavy atom. The highest BCUT2D eigenvalue weighted by Crippen LogP contribution is 2.35. The van der Waals surface area contributed by atoms with E-state index in [1.165, 1.54) is 23.1 Å². The van der Waals surface area contributed by atoms with Crippen molar-refractivity contribution in [3.63, 3.8) is 0 Å². The monoisotopic (exact) mass is 413 g/mol. The molecule has 2 heterocycles. The van der Waals surface area contributed by atoms with Gasteiger partial charge in [-0.05, 0) is 54.3 Å². The lowest BCUT2D eigenvalue weighted by atomic mass is 9.98. The lowest BCUT2D eigenvalue weighted by molar-refractivity contribution is 0.256. The highest BCUT2D eigenvalue weighted by molar-refractivity contribution is 7.15. The van der Waals surface area contributed by atoms with E-state index in [-0.39, 0.29) is 17.3 Å². The first-order chi connectivity index (χ1) is 14.1. The number of methoxy groups -OCH3 is 2. The Morgan fingerprint density at radius 2 is 1.90 bits per heavy atom. The summed E-state index contributed by atoms with van der Waals surface area (Å²) < 4.78 is 24.9. The fraction of sp³-hybridized carbons (Fsp3) is 0.304. The van der Waals surface area contributed by atoms with Crippen LogP contribution in [0.25, 0.3) is 10.4 Å². The van der Waals surface area contributed by atoms with E-state index in [1.807, 2.05) is 24.3 Å². The molecule has 152 valence electrons. The number of halogens is 1. The van der Waals surface area contributed by atoms with Crippen LogP contribution in [0.2, 0.25) is 0 Å². The quantitative estimate of drug-likeness (QED) is 0.626. The average Bonchev–Trinajstić information content (AvgIpc) is 3.20. The molecule has 29 heavy (non-hydrogen) atoms. The zero-order valence-corrected chi connectivity index (χ0v) is 17.4. The summed E-state index contributed by atoms with van der Waals surface area (Å²) in [4.78, 5) is 4.56. The molecule has 4 nitrogen and oxygen atoms in total. The van der Waals surface area contributed by atoms with Crippen molar-refractivity contribution in [3.05, 3.63) is 64.3 Å². The fourth-order valence-electron chi connectivity index (χ4n) is 3.77. The maximum absolute atomic E-state index is 14.5. The molecule has 1 aliphatic rings. The number of thiophene rings is 1. The Labute approximate surface area is 174 Å². The first kappa shape index (κ1) is 19.7. The van der Waals surface area contributed by atoms with Gasteiger partial charge < -0.3 is 14.6 Å². The van der Waals surface area contributed by atoms with Crippen LogP contribution in [0, 0.1) is 5.82 Å². The average molecular weight is 414 g/mol.